The lowest BCUT2D eigenvalue weighted by atomic mass is 10.0. The second kappa shape index (κ2) is 12.7. The van der Waals surface area contributed by atoms with Gasteiger partial charge in [0.15, 0.2) is 16.9 Å². The average molecular weight is 718 g/mol. The largest absolute Gasteiger partial charge is 0.453 e. The van der Waals surface area contributed by atoms with Crippen LogP contribution < -0.4 is 9.80 Å². The van der Waals surface area contributed by atoms with E-state index in [2.05, 4.69) is 172 Å². The van der Waals surface area contributed by atoms with E-state index >= 15 is 0 Å². The van der Waals surface area contributed by atoms with Crippen molar-refractivity contribution in [1.29, 1.82) is 0 Å². The molecule has 0 saturated heterocycles. The van der Waals surface area contributed by atoms with Crippen molar-refractivity contribution in [3.8, 4) is 0 Å². The van der Waals surface area contributed by atoms with Crippen LogP contribution in [0.1, 0.15) is 0 Å². The van der Waals surface area contributed by atoms with Crippen LogP contribution >= 0.6 is 0 Å². The Bertz CT molecular complexity index is 3230. The van der Waals surface area contributed by atoms with Gasteiger partial charge in [-0.2, -0.15) is 0 Å². The highest BCUT2D eigenvalue weighted by atomic mass is 16.4. The fourth-order valence-corrected chi connectivity index (χ4v) is 8.18. The molecule has 5 nitrogen and oxygen atoms in total. The minimum Gasteiger partial charge on any atom is -0.453 e. The zero-order valence-corrected chi connectivity index (χ0v) is 30.1. The topological polar surface area (TPSA) is 37.1 Å². The monoisotopic (exact) mass is 717 g/mol. The summed E-state index contributed by atoms with van der Waals surface area (Å²) in [5.74, 6) is 0. The zero-order chi connectivity index (χ0) is 37.2. The van der Waals surface area contributed by atoms with Gasteiger partial charge in [-0.15, -0.1) is 0 Å². The van der Waals surface area contributed by atoms with Gasteiger partial charge in [-0.3, -0.25) is 0 Å². The Morgan fingerprint density at radius 1 is 0.357 bits per heavy atom. The van der Waals surface area contributed by atoms with Crippen molar-refractivity contribution in [3.63, 3.8) is 0 Å². The normalized spacial score (nSPS) is 11.6. The van der Waals surface area contributed by atoms with Crippen LogP contribution in [0.25, 0.3) is 70.3 Å². The maximum atomic E-state index is 8.26. The van der Waals surface area contributed by atoms with Gasteiger partial charge in [-0.05, 0) is 125 Å². The molecule has 11 aromatic rings. The van der Waals surface area contributed by atoms with Gasteiger partial charge >= 0.3 is 0 Å². The van der Waals surface area contributed by atoms with E-state index in [1.165, 1.54) is 0 Å². The molecule has 0 saturated carbocycles. The highest BCUT2D eigenvalue weighted by molar-refractivity contribution is 6.25. The first kappa shape index (κ1) is 31.7. The Hall–Kier alpha value is -7.81. The fourth-order valence-electron chi connectivity index (χ4n) is 8.18. The number of benzene rings is 9. The van der Waals surface area contributed by atoms with Gasteiger partial charge < -0.3 is 18.6 Å². The zero-order valence-electron chi connectivity index (χ0n) is 30.1. The van der Waals surface area contributed by atoms with Crippen LogP contribution in [-0.2, 0) is 0 Å². The van der Waals surface area contributed by atoms with Crippen molar-refractivity contribution < 1.29 is 8.83 Å². The van der Waals surface area contributed by atoms with Crippen molar-refractivity contribution in [1.82, 2.24) is 0 Å². The molecule has 0 amide bonds. The number of rotatable bonds is 6. The van der Waals surface area contributed by atoms with Crippen LogP contribution in [0.2, 0.25) is 0 Å². The molecule has 11 rings (SSSR count). The van der Waals surface area contributed by atoms with Gasteiger partial charge in [0.2, 0.25) is 0 Å². The molecule has 0 atom stereocenters. The lowest BCUT2D eigenvalue weighted by Gasteiger charge is -2.25. The molecule has 56 heavy (non-hydrogen) atoms. The first-order valence-electron chi connectivity index (χ1n) is 18.6. The standard InChI is InChI=1S/C51H31N3O2/c1-52-46-32-44-43-28-33-22-24-41(53(37-14-6-2-7-15-37)38-16-8-3-9-17-38)26-35(33)30-47(43)55-50(44)51-49(46)45-29-34-23-25-42(27-36(34)31-48(45)56-51)54(39-18-10-4-11-19-39)40-20-12-5-13-21-40/h2-32H. The number of anilines is 6. The molecule has 0 aliphatic heterocycles. The van der Waals surface area contributed by atoms with Gasteiger partial charge in [0, 0.05) is 55.7 Å². The number of para-hydroxylation sites is 4. The first-order valence-corrected chi connectivity index (χ1v) is 18.6. The molecule has 0 fully saturated rings. The molecule has 2 heterocycles. The van der Waals surface area contributed by atoms with E-state index in [0.29, 0.717) is 22.4 Å². The van der Waals surface area contributed by atoms with Crippen molar-refractivity contribution in [3.05, 3.63) is 199 Å². The number of nitrogens with zero attached hydrogens (tertiary/aromatic N) is 3. The second-order valence-corrected chi connectivity index (χ2v) is 14.1. The predicted octanol–water partition coefficient (Wildman–Crippen LogP) is 15.3. The summed E-state index contributed by atoms with van der Waals surface area (Å²) in [5, 5.41) is 7.73. The third-order valence-electron chi connectivity index (χ3n) is 10.7. The highest BCUT2D eigenvalue weighted by Crippen LogP contribution is 2.46. The summed E-state index contributed by atoms with van der Waals surface area (Å²) in [5.41, 5.74) is 9.64. The predicted molar refractivity (Wildman–Crippen MR) is 232 cm³/mol. The van der Waals surface area contributed by atoms with Gasteiger partial charge in [-0.25, -0.2) is 4.85 Å². The van der Waals surface area contributed by atoms with Crippen LogP contribution in [0.3, 0.4) is 0 Å². The molecule has 0 N–H and O–H groups in total. The third-order valence-corrected chi connectivity index (χ3v) is 10.7. The van der Waals surface area contributed by atoms with Crippen molar-refractivity contribution in [2.45, 2.75) is 0 Å². The Kier molecular flexibility index (Phi) is 7.16. The Morgan fingerprint density at radius 2 is 0.786 bits per heavy atom. The van der Waals surface area contributed by atoms with E-state index < -0.39 is 0 Å². The molecule has 5 heteroatoms. The molecular formula is C51H31N3O2. The number of hydrogen-bond acceptors (Lipinski definition) is 4. The maximum Gasteiger partial charge on any atom is 0.199 e. The van der Waals surface area contributed by atoms with Gasteiger partial charge in [0.05, 0.1) is 6.57 Å². The molecule has 0 aliphatic carbocycles. The summed E-state index contributed by atoms with van der Waals surface area (Å²) >= 11 is 0. The van der Waals surface area contributed by atoms with E-state index in [1.54, 1.807) is 0 Å². The molecule has 0 unspecified atom stereocenters. The molecule has 2 aromatic heterocycles. The van der Waals surface area contributed by atoms with E-state index in [9.17, 15) is 0 Å². The van der Waals surface area contributed by atoms with Crippen molar-refractivity contribution in [2.75, 3.05) is 9.80 Å². The smallest absolute Gasteiger partial charge is 0.199 e. The number of fused-ring (bicyclic) bond motifs is 9. The number of furan rings is 2. The summed E-state index contributed by atoms with van der Waals surface area (Å²) in [7, 11) is 0. The molecular weight excluding hydrogens is 687 g/mol. The summed E-state index contributed by atoms with van der Waals surface area (Å²) in [6, 6.07) is 65.1. The molecule has 0 radical (unpaired) electrons. The van der Waals surface area contributed by atoms with E-state index in [1.807, 2.05) is 30.3 Å². The number of hydrogen-bond donors (Lipinski definition) is 0. The minimum atomic E-state index is 0.543. The van der Waals surface area contributed by atoms with Gasteiger partial charge in [-0.1, -0.05) is 84.9 Å². The summed E-state index contributed by atoms with van der Waals surface area (Å²) in [6.07, 6.45) is 0. The first-order chi connectivity index (χ1) is 27.7. The lowest BCUT2D eigenvalue weighted by Crippen LogP contribution is -2.09. The Morgan fingerprint density at radius 3 is 1.25 bits per heavy atom. The SMILES string of the molecule is [C-]#[N+]c1cc2c3cc4ccc(N(c5ccccc5)c5ccccc5)cc4cc3oc2c2oc3cc4cc(N(c5ccccc5)c5ccccc5)ccc4cc3c12. The van der Waals surface area contributed by atoms with Crippen LogP contribution in [-0.4, -0.2) is 0 Å². The summed E-state index contributed by atoms with van der Waals surface area (Å²) in [4.78, 5) is 8.54. The summed E-state index contributed by atoms with van der Waals surface area (Å²) < 4.78 is 13.4. The lowest BCUT2D eigenvalue weighted by molar-refractivity contribution is 0.634. The average Bonchev–Trinajstić information content (AvgIpc) is 3.81. The minimum absolute atomic E-state index is 0.543. The Balaban J connectivity index is 1.07. The quantitative estimate of drug-likeness (QED) is 0.161. The second-order valence-electron chi connectivity index (χ2n) is 14.1. The van der Waals surface area contributed by atoms with Gasteiger partial charge in [0.25, 0.3) is 0 Å². The third kappa shape index (κ3) is 5.09. The van der Waals surface area contributed by atoms with Crippen molar-refractivity contribution in [2.24, 2.45) is 0 Å². The molecule has 0 aliphatic rings. The van der Waals surface area contributed by atoms with Gasteiger partial charge in [0.1, 0.15) is 11.2 Å². The van der Waals surface area contributed by atoms with Crippen LogP contribution in [0, 0.1) is 6.57 Å². The van der Waals surface area contributed by atoms with Crippen LogP contribution in [0.4, 0.5) is 39.8 Å². The molecule has 262 valence electrons. The Labute approximate surface area is 322 Å². The molecule has 9 aromatic carbocycles. The fraction of sp³-hybridized carbons (Fsp3) is 0. The van der Waals surface area contributed by atoms with E-state index in [4.69, 9.17) is 15.4 Å². The highest BCUT2D eigenvalue weighted by Gasteiger charge is 2.22. The van der Waals surface area contributed by atoms with Crippen molar-refractivity contribution >= 4 is 105 Å². The van der Waals surface area contributed by atoms with Crippen LogP contribution in [0.15, 0.2) is 197 Å². The van der Waals surface area contributed by atoms with E-state index in [0.717, 1.165) is 82.8 Å². The van der Waals surface area contributed by atoms with Crippen LogP contribution in [0.5, 0.6) is 0 Å². The summed E-state index contributed by atoms with van der Waals surface area (Å²) in [6.45, 7) is 8.26. The molecule has 0 spiro atoms. The molecule has 0 bridgehead atoms. The maximum absolute atomic E-state index is 8.26. The van der Waals surface area contributed by atoms with E-state index in [-0.39, 0.29) is 0 Å².